The van der Waals surface area contributed by atoms with Gasteiger partial charge in [-0.1, -0.05) is 0 Å². The molecule has 0 radical (unpaired) electrons. The fraction of sp³-hybridized carbons (Fsp3) is 0.111. The molecule has 0 spiro atoms. The van der Waals surface area contributed by atoms with E-state index in [1.807, 2.05) is 16.3 Å². The average molecular weight is 233 g/mol. The second-order valence-corrected chi connectivity index (χ2v) is 4.18. The number of aliphatic imine (C=N–C) groups is 1. The van der Waals surface area contributed by atoms with Gasteiger partial charge in [-0.05, 0) is 11.4 Å². The van der Waals surface area contributed by atoms with Gasteiger partial charge in [0.2, 0.25) is 0 Å². The number of nitrogens with two attached hydrogens (primary N) is 1. The van der Waals surface area contributed by atoms with Gasteiger partial charge in [-0.25, -0.2) is 4.99 Å². The largest absolute Gasteiger partial charge is 0.364 e. The molecular formula is C9H7N5OS. The first-order chi connectivity index (χ1) is 7.77. The van der Waals surface area contributed by atoms with Crippen molar-refractivity contribution in [2.75, 3.05) is 11.6 Å². The lowest BCUT2D eigenvalue weighted by Crippen LogP contribution is -2.22. The molecule has 0 atom stereocenters. The van der Waals surface area contributed by atoms with Crippen molar-refractivity contribution in [2.45, 2.75) is 0 Å². The van der Waals surface area contributed by atoms with Gasteiger partial charge < -0.3 is 5.73 Å². The van der Waals surface area contributed by atoms with E-state index >= 15 is 0 Å². The number of fused-ring (bicyclic) bond motifs is 3. The Bertz CT molecular complexity index is 556. The molecule has 0 bridgehead atoms. The average Bonchev–Trinajstić information content (AvgIpc) is 2.84. The van der Waals surface area contributed by atoms with Crippen molar-refractivity contribution in [3.63, 3.8) is 0 Å². The summed E-state index contributed by atoms with van der Waals surface area (Å²) in [5.74, 6) is -0.155. The zero-order valence-corrected chi connectivity index (χ0v) is 8.94. The highest BCUT2D eigenvalue weighted by atomic mass is 32.1. The summed E-state index contributed by atoms with van der Waals surface area (Å²) < 4.78 is 0. The van der Waals surface area contributed by atoms with Gasteiger partial charge in [-0.15, -0.1) is 16.5 Å². The summed E-state index contributed by atoms with van der Waals surface area (Å²) in [6.45, 7) is 0.406. The molecule has 0 aromatic carbocycles. The molecule has 3 heterocycles. The third-order valence-electron chi connectivity index (χ3n) is 2.32. The first-order valence-corrected chi connectivity index (χ1v) is 5.46. The van der Waals surface area contributed by atoms with Crippen molar-refractivity contribution in [3.05, 3.63) is 28.5 Å². The molecule has 16 heavy (non-hydrogen) atoms. The second kappa shape index (κ2) is 3.24. The molecule has 2 aliphatic heterocycles. The Balaban J connectivity index is 2.22. The zero-order chi connectivity index (χ0) is 11.1. The van der Waals surface area contributed by atoms with E-state index in [0.717, 1.165) is 10.6 Å². The van der Waals surface area contributed by atoms with Crippen LogP contribution in [0.1, 0.15) is 5.56 Å². The standard InChI is InChI=1S/C9H7N5OS/c10-7(15)6-8-13-12-4-14(8)9-5(3-11-6)1-2-16-9/h1-3H,4H2,(H2,10,15). The molecule has 0 saturated heterocycles. The second-order valence-electron chi connectivity index (χ2n) is 3.29. The lowest BCUT2D eigenvalue weighted by Gasteiger charge is -2.14. The summed E-state index contributed by atoms with van der Waals surface area (Å²) >= 11 is 1.56. The van der Waals surface area contributed by atoms with Crippen molar-refractivity contribution < 1.29 is 4.79 Å². The first kappa shape index (κ1) is 9.22. The zero-order valence-electron chi connectivity index (χ0n) is 8.12. The van der Waals surface area contributed by atoms with Gasteiger partial charge >= 0.3 is 0 Å². The molecular weight excluding hydrogens is 226 g/mol. The number of hydrogen-bond donors (Lipinski definition) is 1. The van der Waals surface area contributed by atoms with E-state index < -0.39 is 5.91 Å². The monoisotopic (exact) mass is 233 g/mol. The van der Waals surface area contributed by atoms with Gasteiger partial charge in [0.25, 0.3) is 5.91 Å². The summed E-state index contributed by atoms with van der Waals surface area (Å²) in [7, 11) is 0. The Kier molecular flexibility index (Phi) is 1.87. The lowest BCUT2D eigenvalue weighted by atomic mass is 10.3. The summed E-state index contributed by atoms with van der Waals surface area (Å²) in [6, 6.07) is 1.93. The quantitative estimate of drug-likeness (QED) is 0.786. The van der Waals surface area contributed by atoms with Crippen LogP contribution in [0.3, 0.4) is 0 Å². The molecule has 1 aromatic heterocycles. The minimum absolute atomic E-state index is 0.157. The molecule has 2 aliphatic rings. The van der Waals surface area contributed by atoms with Crippen LogP contribution in [0.5, 0.6) is 0 Å². The number of carbonyl (C=O) groups excluding carboxylic acids is 1. The number of hydrogen-bond acceptors (Lipinski definition) is 6. The van der Waals surface area contributed by atoms with Gasteiger partial charge in [0.1, 0.15) is 11.7 Å². The molecule has 6 nitrogen and oxygen atoms in total. The predicted octanol–water partition coefficient (Wildman–Crippen LogP) is 1.06. The van der Waals surface area contributed by atoms with E-state index in [9.17, 15) is 4.79 Å². The van der Waals surface area contributed by atoms with Crippen molar-refractivity contribution in [3.8, 4) is 0 Å². The van der Waals surface area contributed by atoms with Crippen LogP contribution >= 0.6 is 11.3 Å². The summed E-state index contributed by atoms with van der Waals surface area (Å²) in [5, 5.41) is 10.8. The number of thiophene rings is 1. The van der Waals surface area contributed by atoms with E-state index in [1.54, 1.807) is 17.6 Å². The van der Waals surface area contributed by atoms with E-state index in [2.05, 4.69) is 15.2 Å². The molecule has 3 rings (SSSR count). The Labute approximate surface area is 94.8 Å². The highest BCUT2D eigenvalue weighted by Crippen LogP contribution is 2.35. The van der Waals surface area contributed by atoms with Gasteiger partial charge in [0.15, 0.2) is 11.5 Å². The molecule has 1 aromatic rings. The fourth-order valence-electron chi connectivity index (χ4n) is 1.61. The van der Waals surface area contributed by atoms with E-state index in [4.69, 9.17) is 5.73 Å². The van der Waals surface area contributed by atoms with Crippen molar-refractivity contribution >= 4 is 28.5 Å². The number of carbonyl (C=O) groups is 1. The highest BCUT2D eigenvalue weighted by molar-refractivity contribution is 7.14. The molecule has 0 aliphatic carbocycles. The SMILES string of the molecule is NC(=O)C1=C2N=NCN2c2sccc2C=N1. The minimum Gasteiger partial charge on any atom is -0.364 e. The van der Waals surface area contributed by atoms with Crippen LogP contribution in [0, 0.1) is 0 Å². The number of rotatable bonds is 1. The summed E-state index contributed by atoms with van der Waals surface area (Å²) in [4.78, 5) is 17.2. The van der Waals surface area contributed by atoms with E-state index in [-0.39, 0.29) is 5.70 Å². The van der Waals surface area contributed by atoms with Gasteiger partial charge in [-0.2, -0.15) is 5.11 Å². The van der Waals surface area contributed by atoms with E-state index in [0.29, 0.717) is 12.5 Å². The van der Waals surface area contributed by atoms with Gasteiger partial charge in [0, 0.05) is 11.8 Å². The van der Waals surface area contributed by atoms with Crippen LogP contribution in [-0.2, 0) is 4.79 Å². The summed E-state index contributed by atoms with van der Waals surface area (Å²) in [6.07, 6.45) is 1.63. The molecule has 1 amide bonds. The Morgan fingerprint density at radius 3 is 3.25 bits per heavy atom. The maximum absolute atomic E-state index is 11.2. The summed E-state index contributed by atoms with van der Waals surface area (Å²) in [5.41, 5.74) is 6.37. The first-order valence-electron chi connectivity index (χ1n) is 4.58. The maximum atomic E-state index is 11.2. The Hall–Kier alpha value is -2.02. The number of amides is 1. The van der Waals surface area contributed by atoms with Gasteiger partial charge in [-0.3, -0.25) is 9.69 Å². The Morgan fingerprint density at radius 2 is 2.44 bits per heavy atom. The van der Waals surface area contributed by atoms with Crippen molar-refractivity contribution in [2.24, 2.45) is 21.0 Å². The topological polar surface area (TPSA) is 83.4 Å². The maximum Gasteiger partial charge on any atom is 0.271 e. The van der Waals surface area contributed by atoms with Crippen LogP contribution in [0.4, 0.5) is 5.00 Å². The molecule has 0 unspecified atom stereocenters. The number of primary amides is 1. The van der Waals surface area contributed by atoms with Gasteiger partial charge in [0.05, 0.1) is 0 Å². The van der Waals surface area contributed by atoms with Crippen LogP contribution in [0.15, 0.2) is 38.2 Å². The number of anilines is 1. The van der Waals surface area contributed by atoms with Crippen LogP contribution in [-0.4, -0.2) is 18.8 Å². The van der Waals surface area contributed by atoms with Crippen LogP contribution < -0.4 is 10.6 Å². The van der Waals surface area contributed by atoms with E-state index in [1.165, 1.54) is 0 Å². The van der Waals surface area contributed by atoms with Crippen LogP contribution in [0.25, 0.3) is 0 Å². The number of nitrogens with zero attached hydrogens (tertiary/aromatic N) is 4. The Morgan fingerprint density at radius 1 is 1.56 bits per heavy atom. The molecule has 80 valence electrons. The lowest BCUT2D eigenvalue weighted by molar-refractivity contribution is -0.114. The molecule has 2 N–H and O–H groups in total. The predicted molar refractivity (Wildman–Crippen MR) is 60.3 cm³/mol. The van der Waals surface area contributed by atoms with Crippen molar-refractivity contribution in [1.82, 2.24) is 0 Å². The third-order valence-corrected chi connectivity index (χ3v) is 3.27. The normalized spacial score (nSPS) is 17.4. The molecule has 0 saturated carbocycles. The fourth-order valence-corrected chi connectivity index (χ4v) is 2.48. The third kappa shape index (κ3) is 1.18. The molecule has 0 fully saturated rings. The number of azo groups is 1. The highest BCUT2D eigenvalue weighted by Gasteiger charge is 2.27. The molecule has 7 heteroatoms. The van der Waals surface area contributed by atoms with Crippen LogP contribution in [0.2, 0.25) is 0 Å². The minimum atomic E-state index is -0.591. The van der Waals surface area contributed by atoms with Crippen molar-refractivity contribution in [1.29, 1.82) is 0 Å². The smallest absolute Gasteiger partial charge is 0.271 e.